The highest BCUT2D eigenvalue weighted by atomic mass is 28.4. The van der Waals surface area contributed by atoms with Gasteiger partial charge in [-0.05, 0) is 58.2 Å². The van der Waals surface area contributed by atoms with Gasteiger partial charge in [0.05, 0.1) is 17.8 Å². The van der Waals surface area contributed by atoms with E-state index in [0.29, 0.717) is 6.61 Å². The Bertz CT molecular complexity index is 392. The second kappa shape index (κ2) is 5.84. The molecule has 3 nitrogen and oxygen atoms in total. The fraction of sp³-hybridized carbons (Fsp3) is 0.875. The molecule has 0 spiro atoms. The van der Waals surface area contributed by atoms with Gasteiger partial charge in [-0.1, -0.05) is 26.8 Å². The van der Waals surface area contributed by atoms with Crippen molar-refractivity contribution < 1.29 is 13.7 Å². The SMILES string of the molecule is C/C(=C\CO[Si](C)(C)C(C)(C)C)B1OC(C)(C)C(C)(C)O1. The molecule has 5 heteroatoms. The van der Waals surface area contributed by atoms with Gasteiger partial charge in [0.2, 0.25) is 0 Å². The smallest absolute Gasteiger partial charge is 0.413 e. The molecule has 0 bridgehead atoms. The van der Waals surface area contributed by atoms with E-state index in [0.717, 1.165) is 5.47 Å². The van der Waals surface area contributed by atoms with Crippen LogP contribution in [0.2, 0.25) is 18.1 Å². The average molecular weight is 312 g/mol. The van der Waals surface area contributed by atoms with Crippen molar-refractivity contribution in [1.82, 2.24) is 0 Å². The maximum Gasteiger partial charge on any atom is 0.490 e. The van der Waals surface area contributed by atoms with Crippen molar-refractivity contribution in [3.8, 4) is 0 Å². The molecule has 1 fully saturated rings. The van der Waals surface area contributed by atoms with Crippen molar-refractivity contribution in [3.63, 3.8) is 0 Å². The van der Waals surface area contributed by atoms with Crippen LogP contribution in [0, 0.1) is 0 Å². The van der Waals surface area contributed by atoms with Gasteiger partial charge >= 0.3 is 7.12 Å². The van der Waals surface area contributed by atoms with Crippen molar-refractivity contribution in [3.05, 3.63) is 11.5 Å². The van der Waals surface area contributed by atoms with Crippen molar-refractivity contribution >= 4 is 15.4 Å². The highest BCUT2D eigenvalue weighted by Gasteiger charge is 2.51. The predicted molar refractivity (Wildman–Crippen MR) is 93.0 cm³/mol. The van der Waals surface area contributed by atoms with Gasteiger partial charge in [0.15, 0.2) is 8.32 Å². The summed E-state index contributed by atoms with van der Waals surface area (Å²) in [6.07, 6.45) is 2.10. The first-order valence-corrected chi connectivity index (χ1v) is 10.8. The summed E-state index contributed by atoms with van der Waals surface area (Å²) in [6, 6.07) is 0. The predicted octanol–water partition coefficient (Wildman–Crippen LogP) is 4.59. The molecule has 122 valence electrons. The number of allylic oxidation sites excluding steroid dienone is 1. The number of hydrogen-bond donors (Lipinski definition) is 0. The second-order valence-corrected chi connectivity index (χ2v) is 13.4. The van der Waals surface area contributed by atoms with Crippen LogP contribution in [0.5, 0.6) is 0 Å². The van der Waals surface area contributed by atoms with Gasteiger partial charge in [-0.2, -0.15) is 0 Å². The van der Waals surface area contributed by atoms with E-state index >= 15 is 0 Å². The molecule has 0 saturated carbocycles. The summed E-state index contributed by atoms with van der Waals surface area (Å²) < 4.78 is 18.3. The number of rotatable bonds is 4. The average Bonchev–Trinajstić information content (AvgIpc) is 2.46. The summed E-state index contributed by atoms with van der Waals surface area (Å²) in [6.45, 7) is 22.3. The lowest BCUT2D eigenvalue weighted by molar-refractivity contribution is 0.00578. The molecule has 0 atom stereocenters. The van der Waals surface area contributed by atoms with Crippen LogP contribution in [-0.2, 0) is 13.7 Å². The standard InChI is InChI=1S/C16H33BO3Si/c1-13(11-12-18-21(9,10)14(2,3)4)17-19-15(5,6)16(7,8)20-17/h11H,12H2,1-10H3/b13-11+. The van der Waals surface area contributed by atoms with E-state index in [4.69, 9.17) is 13.7 Å². The van der Waals surface area contributed by atoms with Gasteiger partial charge < -0.3 is 13.7 Å². The molecule has 0 aromatic carbocycles. The van der Waals surface area contributed by atoms with Gasteiger partial charge in [0.25, 0.3) is 0 Å². The quantitative estimate of drug-likeness (QED) is 0.711. The minimum atomic E-state index is -1.69. The maximum absolute atomic E-state index is 6.18. The topological polar surface area (TPSA) is 27.7 Å². The van der Waals surface area contributed by atoms with E-state index in [1.807, 2.05) is 0 Å². The first kappa shape index (κ1) is 18.9. The van der Waals surface area contributed by atoms with Crippen LogP contribution in [0.25, 0.3) is 0 Å². The van der Waals surface area contributed by atoms with Crippen LogP contribution in [-0.4, -0.2) is 33.2 Å². The van der Waals surface area contributed by atoms with Crippen LogP contribution in [0.4, 0.5) is 0 Å². The van der Waals surface area contributed by atoms with Crippen molar-refractivity contribution in [1.29, 1.82) is 0 Å². The lowest BCUT2D eigenvalue weighted by atomic mass is 9.79. The molecule has 0 aromatic rings. The molecule has 0 radical (unpaired) electrons. The molecule has 1 aliphatic heterocycles. The molecule has 0 amide bonds. The second-order valence-electron chi connectivity index (χ2n) is 8.61. The summed E-state index contributed by atoms with van der Waals surface area (Å²) in [5.74, 6) is 0. The zero-order valence-corrected chi connectivity index (χ0v) is 16.6. The summed E-state index contributed by atoms with van der Waals surface area (Å²) in [4.78, 5) is 0. The largest absolute Gasteiger partial charge is 0.490 e. The Labute approximate surface area is 132 Å². The Hall–Kier alpha value is -0.0982. The Morgan fingerprint density at radius 2 is 1.52 bits per heavy atom. The highest BCUT2D eigenvalue weighted by molar-refractivity contribution is 6.74. The fourth-order valence-electron chi connectivity index (χ4n) is 1.72. The molecule has 21 heavy (non-hydrogen) atoms. The van der Waals surface area contributed by atoms with Crippen molar-refractivity contribution in [2.24, 2.45) is 0 Å². The maximum atomic E-state index is 6.18. The molecule has 1 rings (SSSR count). The van der Waals surface area contributed by atoms with E-state index in [2.05, 4.69) is 74.6 Å². The molecule has 0 aromatic heterocycles. The van der Waals surface area contributed by atoms with Gasteiger partial charge in [0.1, 0.15) is 0 Å². The first-order chi connectivity index (χ1) is 9.20. The fourth-order valence-corrected chi connectivity index (χ4v) is 2.66. The van der Waals surface area contributed by atoms with Crippen LogP contribution >= 0.6 is 0 Å². The van der Waals surface area contributed by atoms with Crippen molar-refractivity contribution in [2.45, 2.75) is 84.7 Å². The minimum absolute atomic E-state index is 0.235. The zero-order chi connectivity index (χ0) is 16.7. The van der Waals surface area contributed by atoms with E-state index in [-0.39, 0.29) is 23.4 Å². The van der Waals surface area contributed by atoms with Gasteiger partial charge in [-0.3, -0.25) is 0 Å². The van der Waals surface area contributed by atoms with E-state index in [1.165, 1.54) is 0 Å². The summed E-state index contributed by atoms with van der Waals surface area (Å²) in [5.41, 5.74) is 0.521. The van der Waals surface area contributed by atoms with E-state index in [1.54, 1.807) is 0 Å². The summed E-state index contributed by atoms with van der Waals surface area (Å²) in [7, 11) is -1.96. The Morgan fingerprint density at radius 3 is 1.90 bits per heavy atom. The van der Waals surface area contributed by atoms with Crippen LogP contribution in [0.3, 0.4) is 0 Å². The summed E-state index contributed by atoms with van der Waals surface area (Å²) >= 11 is 0. The molecule has 1 saturated heterocycles. The Morgan fingerprint density at radius 1 is 1.10 bits per heavy atom. The zero-order valence-electron chi connectivity index (χ0n) is 15.6. The third kappa shape index (κ3) is 4.21. The van der Waals surface area contributed by atoms with Crippen LogP contribution in [0.15, 0.2) is 11.5 Å². The molecule has 1 heterocycles. The molecule has 0 N–H and O–H groups in total. The van der Waals surface area contributed by atoms with Crippen LogP contribution < -0.4 is 0 Å². The Balaban J connectivity index is 2.64. The molecular formula is C16H33BO3Si. The first-order valence-electron chi connectivity index (χ1n) is 7.86. The van der Waals surface area contributed by atoms with Gasteiger partial charge in [0, 0.05) is 0 Å². The van der Waals surface area contributed by atoms with Crippen LogP contribution in [0.1, 0.15) is 55.4 Å². The molecule has 0 aliphatic carbocycles. The highest BCUT2D eigenvalue weighted by Crippen LogP contribution is 2.39. The van der Waals surface area contributed by atoms with Gasteiger partial charge in [-0.15, -0.1) is 0 Å². The summed E-state index contributed by atoms with van der Waals surface area (Å²) in [5, 5.41) is 0.235. The molecular weight excluding hydrogens is 279 g/mol. The van der Waals surface area contributed by atoms with E-state index < -0.39 is 8.32 Å². The molecule has 1 aliphatic rings. The lowest BCUT2D eigenvalue weighted by Gasteiger charge is -2.35. The Kier molecular flexibility index (Phi) is 5.27. The minimum Gasteiger partial charge on any atom is -0.413 e. The van der Waals surface area contributed by atoms with Gasteiger partial charge in [-0.25, -0.2) is 0 Å². The third-order valence-electron chi connectivity index (χ3n) is 5.28. The number of hydrogen-bond acceptors (Lipinski definition) is 3. The molecule has 0 unspecified atom stereocenters. The monoisotopic (exact) mass is 312 g/mol. The lowest BCUT2D eigenvalue weighted by Crippen LogP contribution is -2.41. The normalized spacial score (nSPS) is 22.8. The van der Waals surface area contributed by atoms with Crippen molar-refractivity contribution in [2.75, 3.05) is 6.61 Å². The van der Waals surface area contributed by atoms with E-state index in [9.17, 15) is 0 Å². The third-order valence-corrected chi connectivity index (χ3v) is 9.78.